The Morgan fingerprint density at radius 1 is 1.39 bits per heavy atom. The molecule has 0 unspecified atom stereocenters. The zero-order valence-corrected chi connectivity index (χ0v) is 11.4. The Bertz CT molecular complexity index is 463. The highest BCUT2D eigenvalue weighted by Gasteiger charge is 2.22. The molecule has 0 radical (unpaired) electrons. The standard InChI is InChI=1S/C14H20N2O2/c1-14(2,3)13(17)15-10-5-6-11-12(9-10)18-8-7-16(11)4/h5-6,9H,7-8H2,1-4H3,(H,15,17). The third kappa shape index (κ3) is 2.58. The number of carbonyl (C=O) groups excluding carboxylic acids is 1. The third-order valence-corrected chi connectivity index (χ3v) is 2.99. The summed E-state index contributed by atoms with van der Waals surface area (Å²) in [5, 5.41) is 2.91. The lowest BCUT2D eigenvalue weighted by Crippen LogP contribution is -2.29. The van der Waals surface area contributed by atoms with Crippen LogP contribution in [0.1, 0.15) is 20.8 Å². The number of likely N-dealkylation sites (N-methyl/N-ethyl adjacent to an activating group) is 1. The second kappa shape index (κ2) is 4.52. The van der Waals surface area contributed by atoms with Gasteiger partial charge in [-0.25, -0.2) is 0 Å². The van der Waals surface area contributed by atoms with Gasteiger partial charge in [-0.1, -0.05) is 20.8 Å². The van der Waals surface area contributed by atoms with Gasteiger partial charge in [-0.15, -0.1) is 0 Å². The van der Waals surface area contributed by atoms with Crippen LogP contribution in [0.4, 0.5) is 11.4 Å². The molecular weight excluding hydrogens is 228 g/mol. The molecule has 1 aliphatic rings. The van der Waals surface area contributed by atoms with E-state index in [1.165, 1.54) is 0 Å². The molecule has 0 saturated heterocycles. The molecule has 0 aliphatic carbocycles. The Morgan fingerprint density at radius 3 is 2.78 bits per heavy atom. The van der Waals surface area contributed by atoms with Gasteiger partial charge in [0.1, 0.15) is 12.4 Å². The number of nitrogens with one attached hydrogen (secondary N) is 1. The number of hydrogen-bond acceptors (Lipinski definition) is 3. The normalized spacial score (nSPS) is 14.8. The fourth-order valence-corrected chi connectivity index (χ4v) is 1.75. The molecule has 1 aliphatic heterocycles. The third-order valence-electron chi connectivity index (χ3n) is 2.99. The molecule has 4 heteroatoms. The minimum absolute atomic E-state index is 0.00612. The molecule has 0 spiro atoms. The SMILES string of the molecule is CN1CCOc2cc(NC(=O)C(C)(C)C)ccc21. The molecule has 0 saturated carbocycles. The van der Waals surface area contributed by atoms with E-state index in [0.717, 1.165) is 23.7 Å². The van der Waals surface area contributed by atoms with E-state index in [1.54, 1.807) is 0 Å². The minimum Gasteiger partial charge on any atom is -0.489 e. The van der Waals surface area contributed by atoms with Crippen LogP contribution in [0, 0.1) is 5.41 Å². The van der Waals surface area contributed by atoms with Crippen LogP contribution in [0.3, 0.4) is 0 Å². The van der Waals surface area contributed by atoms with E-state index in [2.05, 4.69) is 10.2 Å². The maximum atomic E-state index is 11.9. The second-order valence-electron chi connectivity index (χ2n) is 5.66. The first kappa shape index (κ1) is 12.7. The molecule has 98 valence electrons. The molecule has 4 nitrogen and oxygen atoms in total. The molecule has 1 aromatic rings. The highest BCUT2D eigenvalue weighted by atomic mass is 16.5. The van der Waals surface area contributed by atoms with Crippen molar-refractivity contribution >= 4 is 17.3 Å². The zero-order chi connectivity index (χ0) is 13.3. The van der Waals surface area contributed by atoms with Crippen molar-refractivity contribution in [3.05, 3.63) is 18.2 Å². The summed E-state index contributed by atoms with van der Waals surface area (Å²) in [6, 6.07) is 5.77. The molecule has 0 bridgehead atoms. The minimum atomic E-state index is -0.395. The Balaban J connectivity index is 2.19. The fourth-order valence-electron chi connectivity index (χ4n) is 1.75. The first-order chi connectivity index (χ1) is 8.38. The molecule has 2 rings (SSSR count). The molecule has 1 amide bonds. The average molecular weight is 248 g/mol. The summed E-state index contributed by atoms with van der Waals surface area (Å²) in [4.78, 5) is 14.1. The van der Waals surface area contributed by atoms with Gasteiger partial charge in [0.15, 0.2) is 0 Å². The number of carbonyl (C=O) groups is 1. The summed E-state index contributed by atoms with van der Waals surface area (Å²) in [6.45, 7) is 7.25. The lowest BCUT2D eigenvalue weighted by Gasteiger charge is -2.28. The predicted octanol–water partition coefficient (Wildman–Crippen LogP) is 2.50. The number of ether oxygens (including phenoxy) is 1. The van der Waals surface area contributed by atoms with E-state index >= 15 is 0 Å². The number of rotatable bonds is 1. The van der Waals surface area contributed by atoms with Gasteiger partial charge in [-0.2, -0.15) is 0 Å². The van der Waals surface area contributed by atoms with Gasteiger partial charge < -0.3 is 15.0 Å². The number of amides is 1. The van der Waals surface area contributed by atoms with Gasteiger partial charge in [0.05, 0.1) is 12.2 Å². The van der Waals surface area contributed by atoms with E-state index in [4.69, 9.17) is 4.74 Å². The highest BCUT2D eigenvalue weighted by Crippen LogP contribution is 2.33. The van der Waals surface area contributed by atoms with Crippen molar-refractivity contribution in [2.24, 2.45) is 5.41 Å². The van der Waals surface area contributed by atoms with E-state index < -0.39 is 5.41 Å². The average Bonchev–Trinajstić information content (AvgIpc) is 2.28. The van der Waals surface area contributed by atoms with Crippen LogP contribution < -0.4 is 15.0 Å². The van der Waals surface area contributed by atoms with Gasteiger partial charge in [-0.05, 0) is 12.1 Å². The highest BCUT2D eigenvalue weighted by molar-refractivity contribution is 5.95. The Morgan fingerprint density at radius 2 is 2.11 bits per heavy atom. The number of fused-ring (bicyclic) bond motifs is 1. The summed E-state index contributed by atoms with van der Waals surface area (Å²) >= 11 is 0. The van der Waals surface area contributed by atoms with E-state index in [9.17, 15) is 4.79 Å². The molecule has 1 N–H and O–H groups in total. The molecular formula is C14H20N2O2. The van der Waals surface area contributed by atoms with Crippen LogP contribution in [0.15, 0.2) is 18.2 Å². The van der Waals surface area contributed by atoms with E-state index in [-0.39, 0.29) is 5.91 Å². The van der Waals surface area contributed by atoms with E-state index in [1.807, 2.05) is 46.0 Å². The molecule has 1 aromatic carbocycles. The Kier molecular flexibility index (Phi) is 3.20. The zero-order valence-electron chi connectivity index (χ0n) is 11.4. The van der Waals surface area contributed by atoms with Crippen molar-refractivity contribution < 1.29 is 9.53 Å². The van der Waals surface area contributed by atoms with Crippen LogP contribution in [0.25, 0.3) is 0 Å². The fraction of sp³-hybridized carbons (Fsp3) is 0.500. The number of benzene rings is 1. The first-order valence-corrected chi connectivity index (χ1v) is 6.17. The predicted molar refractivity (Wildman–Crippen MR) is 73.3 cm³/mol. The lowest BCUT2D eigenvalue weighted by molar-refractivity contribution is -0.123. The number of nitrogens with zero attached hydrogens (tertiary/aromatic N) is 1. The van der Waals surface area contributed by atoms with Gasteiger partial charge in [0.25, 0.3) is 0 Å². The van der Waals surface area contributed by atoms with Crippen molar-refractivity contribution in [1.29, 1.82) is 0 Å². The van der Waals surface area contributed by atoms with Crippen molar-refractivity contribution in [3.63, 3.8) is 0 Å². The maximum absolute atomic E-state index is 11.9. The summed E-state index contributed by atoms with van der Waals surface area (Å²) in [6.07, 6.45) is 0. The van der Waals surface area contributed by atoms with Crippen molar-refractivity contribution in [2.75, 3.05) is 30.4 Å². The summed E-state index contributed by atoms with van der Waals surface area (Å²) in [5.41, 5.74) is 1.45. The van der Waals surface area contributed by atoms with Gasteiger partial charge >= 0.3 is 0 Å². The summed E-state index contributed by atoms with van der Waals surface area (Å²) in [5.74, 6) is 0.835. The van der Waals surface area contributed by atoms with Crippen LogP contribution in [-0.2, 0) is 4.79 Å². The lowest BCUT2D eigenvalue weighted by atomic mass is 9.95. The van der Waals surface area contributed by atoms with Crippen LogP contribution in [0.2, 0.25) is 0 Å². The molecule has 0 aromatic heterocycles. The Hall–Kier alpha value is -1.71. The smallest absolute Gasteiger partial charge is 0.229 e. The van der Waals surface area contributed by atoms with Gasteiger partial charge in [0.2, 0.25) is 5.91 Å². The van der Waals surface area contributed by atoms with Gasteiger partial charge in [-0.3, -0.25) is 4.79 Å². The molecule has 0 atom stereocenters. The van der Waals surface area contributed by atoms with Crippen LogP contribution in [-0.4, -0.2) is 26.1 Å². The first-order valence-electron chi connectivity index (χ1n) is 6.17. The topological polar surface area (TPSA) is 41.6 Å². The van der Waals surface area contributed by atoms with Gasteiger partial charge in [0, 0.05) is 24.2 Å². The van der Waals surface area contributed by atoms with Crippen molar-refractivity contribution in [2.45, 2.75) is 20.8 Å². The maximum Gasteiger partial charge on any atom is 0.229 e. The number of hydrogen-bond donors (Lipinski definition) is 1. The molecule has 18 heavy (non-hydrogen) atoms. The monoisotopic (exact) mass is 248 g/mol. The second-order valence-corrected chi connectivity index (χ2v) is 5.66. The summed E-state index contributed by atoms with van der Waals surface area (Å²) in [7, 11) is 2.04. The quantitative estimate of drug-likeness (QED) is 0.830. The summed E-state index contributed by atoms with van der Waals surface area (Å²) < 4.78 is 5.61. The van der Waals surface area contributed by atoms with Crippen LogP contribution >= 0.6 is 0 Å². The largest absolute Gasteiger partial charge is 0.489 e. The van der Waals surface area contributed by atoms with E-state index in [0.29, 0.717) is 6.61 Å². The van der Waals surface area contributed by atoms with Crippen LogP contribution in [0.5, 0.6) is 5.75 Å². The molecule has 1 heterocycles. The molecule has 0 fully saturated rings. The van der Waals surface area contributed by atoms with Crippen molar-refractivity contribution in [1.82, 2.24) is 0 Å². The Labute approximate surface area is 108 Å². The number of anilines is 2. The van der Waals surface area contributed by atoms with Crippen molar-refractivity contribution in [3.8, 4) is 5.75 Å².